The van der Waals surface area contributed by atoms with Crippen LogP contribution >= 0.6 is 11.3 Å². The van der Waals surface area contributed by atoms with Crippen LogP contribution in [0.15, 0.2) is 47.2 Å². The summed E-state index contributed by atoms with van der Waals surface area (Å²) in [6.07, 6.45) is 4.16. The van der Waals surface area contributed by atoms with Gasteiger partial charge in [0.25, 0.3) is 0 Å². The number of hydrogen-bond acceptors (Lipinski definition) is 2. The average molecular weight is 328 g/mol. The normalized spacial score (nSPS) is 15.6. The maximum Gasteiger partial charge on any atom is 0.317 e. The molecule has 1 aromatic heterocycles. The number of carbonyl (C=O) groups excluding carboxylic acids is 1. The Hall–Kier alpha value is -1.81. The van der Waals surface area contributed by atoms with E-state index in [0.29, 0.717) is 5.92 Å². The first kappa shape index (κ1) is 16.1. The molecule has 0 bridgehead atoms. The van der Waals surface area contributed by atoms with E-state index >= 15 is 0 Å². The number of aryl methyl sites for hydroxylation is 1. The van der Waals surface area contributed by atoms with Crippen LogP contribution in [0.2, 0.25) is 0 Å². The maximum absolute atomic E-state index is 12.2. The minimum Gasteiger partial charge on any atom is -0.338 e. The quantitative estimate of drug-likeness (QED) is 0.817. The molecule has 4 heteroatoms. The monoisotopic (exact) mass is 328 g/mol. The highest BCUT2D eigenvalue weighted by Gasteiger charge is 2.23. The van der Waals surface area contributed by atoms with Crippen LogP contribution in [0.4, 0.5) is 4.79 Å². The Morgan fingerprint density at radius 1 is 1.17 bits per heavy atom. The van der Waals surface area contributed by atoms with Crippen LogP contribution in [0.3, 0.4) is 0 Å². The topological polar surface area (TPSA) is 32.3 Å². The van der Waals surface area contributed by atoms with Crippen LogP contribution in [-0.2, 0) is 6.42 Å². The Bertz CT molecular complexity index is 589. The number of piperidine rings is 1. The molecule has 1 aliphatic rings. The predicted molar refractivity (Wildman–Crippen MR) is 96.0 cm³/mol. The van der Waals surface area contributed by atoms with E-state index in [-0.39, 0.29) is 6.03 Å². The molecule has 1 fully saturated rings. The van der Waals surface area contributed by atoms with E-state index in [1.807, 2.05) is 11.0 Å². The van der Waals surface area contributed by atoms with E-state index in [1.54, 1.807) is 11.3 Å². The molecule has 0 atom stereocenters. The molecule has 122 valence electrons. The third-order valence-corrected chi connectivity index (χ3v) is 5.26. The molecule has 2 aromatic rings. The van der Waals surface area contributed by atoms with Crippen LogP contribution in [0.1, 0.15) is 36.3 Å². The van der Waals surface area contributed by atoms with Crippen LogP contribution < -0.4 is 5.32 Å². The molecule has 23 heavy (non-hydrogen) atoms. The summed E-state index contributed by atoms with van der Waals surface area (Å²) in [6, 6.07) is 12.7. The summed E-state index contributed by atoms with van der Waals surface area (Å²) in [4.78, 5) is 14.2. The molecule has 3 nitrogen and oxygen atoms in total. The van der Waals surface area contributed by atoms with Gasteiger partial charge in [0.2, 0.25) is 0 Å². The number of nitrogens with one attached hydrogen (secondary N) is 1. The van der Waals surface area contributed by atoms with Gasteiger partial charge in [0.1, 0.15) is 0 Å². The van der Waals surface area contributed by atoms with Gasteiger partial charge < -0.3 is 10.2 Å². The number of rotatable bonds is 5. The lowest BCUT2D eigenvalue weighted by Crippen LogP contribution is -2.44. The molecule has 1 aliphatic heterocycles. The minimum atomic E-state index is 0.0989. The van der Waals surface area contributed by atoms with Crippen molar-refractivity contribution < 1.29 is 4.79 Å². The average Bonchev–Trinajstić information content (AvgIpc) is 3.14. The predicted octanol–water partition coefficient (Wildman–Crippen LogP) is 4.27. The second-order valence-electron chi connectivity index (χ2n) is 6.14. The largest absolute Gasteiger partial charge is 0.338 e. The van der Waals surface area contributed by atoms with E-state index in [9.17, 15) is 4.79 Å². The molecule has 0 radical (unpaired) electrons. The first-order valence-electron chi connectivity index (χ1n) is 8.42. The van der Waals surface area contributed by atoms with E-state index < -0.39 is 0 Å². The van der Waals surface area contributed by atoms with Gasteiger partial charge in [-0.25, -0.2) is 4.79 Å². The van der Waals surface area contributed by atoms with Crippen molar-refractivity contribution in [3.63, 3.8) is 0 Å². The van der Waals surface area contributed by atoms with Crippen LogP contribution in [0.5, 0.6) is 0 Å². The zero-order valence-corrected chi connectivity index (χ0v) is 14.2. The summed E-state index contributed by atoms with van der Waals surface area (Å²) in [7, 11) is 0. The molecular weight excluding hydrogens is 304 g/mol. The number of hydrogen-bond donors (Lipinski definition) is 1. The number of nitrogens with zero attached hydrogens (tertiary/aromatic N) is 1. The first-order chi connectivity index (χ1) is 11.3. The molecular formula is C19H24N2OS. The Labute approximate surface area is 142 Å². The van der Waals surface area contributed by atoms with Crippen LogP contribution in [0, 0.1) is 0 Å². The summed E-state index contributed by atoms with van der Waals surface area (Å²) in [5.74, 6) is 0.628. The highest BCUT2D eigenvalue weighted by Crippen LogP contribution is 2.29. The van der Waals surface area contributed by atoms with Crippen molar-refractivity contribution in [3.8, 4) is 0 Å². The minimum absolute atomic E-state index is 0.0989. The van der Waals surface area contributed by atoms with Crippen molar-refractivity contribution in [1.29, 1.82) is 0 Å². The van der Waals surface area contributed by atoms with Crippen molar-refractivity contribution in [2.24, 2.45) is 0 Å². The lowest BCUT2D eigenvalue weighted by Gasteiger charge is -2.31. The highest BCUT2D eigenvalue weighted by molar-refractivity contribution is 7.07. The smallest absolute Gasteiger partial charge is 0.317 e. The number of thiophene rings is 1. The van der Waals surface area contributed by atoms with E-state index in [0.717, 1.165) is 45.3 Å². The van der Waals surface area contributed by atoms with Gasteiger partial charge in [-0.3, -0.25) is 0 Å². The summed E-state index contributed by atoms with van der Waals surface area (Å²) in [5.41, 5.74) is 2.77. The molecule has 0 aliphatic carbocycles. The molecule has 1 aromatic carbocycles. The summed E-state index contributed by atoms with van der Waals surface area (Å²) >= 11 is 1.76. The van der Waals surface area contributed by atoms with Crippen molar-refractivity contribution in [1.82, 2.24) is 10.2 Å². The molecule has 2 amide bonds. The molecule has 3 rings (SSSR count). The Balaban J connectivity index is 1.35. The fourth-order valence-electron chi connectivity index (χ4n) is 3.17. The summed E-state index contributed by atoms with van der Waals surface area (Å²) in [5, 5.41) is 7.44. The van der Waals surface area contributed by atoms with Crippen molar-refractivity contribution in [3.05, 3.63) is 58.3 Å². The summed E-state index contributed by atoms with van der Waals surface area (Å²) < 4.78 is 0. The zero-order chi connectivity index (χ0) is 15.9. The molecule has 0 unspecified atom stereocenters. The molecule has 0 spiro atoms. The number of likely N-dealkylation sites (tertiary alicyclic amines) is 1. The van der Waals surface area contributed by atoms with Gasteiger partial charge in [0, 0.05) is 19.6 Å². The van der Waals surface area contributed by atoms with E-state index in [1.165, 1.54) is 11.1 Å². The number of carbonyl (C=O) groups is 1. The third-order valence-electron chi connectivity index (χ3n) is 4.56. The third kappa shape index (κ3) is 4.58. The van der Waals surface area contributed by atoms with E-state index in [4.69, 9.17) is 0 Å². The SMILES string of the molecule is O=C(NCCCc1ccccc1)N1CCC(c2ccsc2)CC1. The van der Waals surface area contributed by atoms with Crippen molar-refractivity contribution >= 4 is 17.4 Å². The molecule has 1 N–H and O–H groups in total. The van der Waals surface area contributed by atoms with Gasteiger partial charge in [0.05, 0.1) is 0 Å². The molecule has 0 saturated carbocycles. The first-order valence-corrected chi connectivity index (χ1v) is 9.36. The standard InChI is InChI=1S/C19H24N2OS/c22-19(20-11-4-7-16-5-2-1-3-6-16)21-12-8-17(9-13-21)18-10-14-23-15-18/h1-3,5-6,10,14-15,17H,4,7-9,11-13H2,(H,20,22). The highest BCUT2D eigenvalue weighted by atomic mass is 32.1. The van der Waals surface area contributed by atoms with Gasteiger partial charge >= 0.3 is 6.03 Å². The van der Waals surface area contributed by atoms with Gasteiger partial charge in [0.15, 0.2) is 0 Å². The van der Waals surface area contributed by atoms with Crippen molar-refractivity contribution in [2.45, 2.75) is 31.6 Å². The van der Waals surface area contributed by atoms with Crippen molar-refractivity contribution in [2.75, 3.05) is 19.6 Å². The van der Waals surface area contributed by atoms with E-state index in [2.05, 4.69) is 46.4 Å². The number of benzene rings is 1. The molecule has 2 heterocycles. The lowest BCUT2D eigenvalue weighted by molar-refractivity contribution is 0.181. The van der Waals surface area contributed by atoms with Gasteiger partial charge in [-0.2, -0.15) is 11.3 Å². The fourth-order valence-corrected chi connectivity index (χ4v) is 3.91. The second kappa shape index (κ2) is 8.16. The lowest BCUT2D eigenvalue weighted by atomic mass is 9.91. The number of urea groups is 1. The fraction of sp³-hybridized carbons (Fsp3) is 0.421. The molecule has 1 saturated heterocycles. The van der Waals surface area contributed by atoms with Gasteiger partial charge in [-0.05, 0) is 59.6 Å². The maximum atomic E-state index is 12.2. The van der Waals surface area contributed by atoms with Crippen LogP contribution in [0.25, 0.3) is 0 Å². The second-order valence-corrected chi connectivity index (χ2v) is 6.92. The number of amides is 2. The summed E-state index contributed by atoms with van der Waals surface area (Å²) in [6.45, 7) is 2.48. The Morgan fingerprint density at radius 2 is 1.96 bits per heavy atom. The van der Waals surface area contributed by atoms with Crippen LogP contribution in [-0.4, -0.2) is 30.6 Å². The van der Waals surface area contributed by atoms with Gasteiger partial charge in [-0.1, -0.05) is 30.3 Å². The Kier molecular flexibility index (Phi) is 5.70. The Morgan fingerprint density at radius 3 is 2.65 bits per heavy atom. The zero-order valence-electron chi connectivity index (χ0n) is 13.4. The van der Waals surface area contributed by atoms with Gasteiger partial charge in [-0.15, -0.1) is 0 Å².